The Labute approximate surface area is 147 Å². The molecule has 1 aromatic heterocycles. The molecule has 0 radical (unpaired) electrons. The highest BCUT2D eigenvalue weighted by Gasteiger charge is 2.11. The third kappa shape index (κ3) is 5.39. The number of anilines is 1. The van der Waals surface area contributed by atoms with Gasteiger partial charge in [0.05, 0.1) is 15.7 Å². The molecule has 0 aliphatic rings. The first kappa shape index (κ1) is 17.5. The first-order valence-electron chi connectivity index (χ1n) is 6.61. The van der Waals surface area contributed by atoms with E-state index in [2.05, 4.69) is 5.32 Å². The number of hydrogen-bond acceptors (Lipinski definition) is 4. The lowest BCUT2D eigenvalue weighted by atomic mass is 10.3. The van der Waals surface area contributed by atoms with E-state index in [9.17, 15) is 9.59 Å². The van der Waals surface area contributed by atoms with Gasteiger partial charge in [-0.15, -0.1) is 11.3 Å². The maximum absolute atomic E-state index is 11.8. The molecule has 0 aliphatic carbocycles. The number of carbonyl (C=O) groups excluding carboxylic acids is 2. The number of carbonyl (C=O) groups is 2. The second kappa shape index (κ2) is 8.15. The lowest BCUT2D eigenvalue weighted by Gasteiger charge is -2.08. The van der Waals surface area contributed by atoms with E-state index in [1.54, 1.807) is 35.6 Å². The zero-order chi connectivity index (χ0) is 16.8. The van der Waals surface area contributed by atoms with Crippen molar-refractivity contribution in [3.05, 3.63) is 56.2 Å². The molecule has 2 aromatic rings. The maximum atomic E-state index is 11.8. The molecule has 7 heteroatoms. The Balaban J connectivity index is 1.84. The van der Waals surface area contributed by atoms with Gasteiger partial charge in [0, 0.05) is 15.8 Å². The van der Waals surface area contributed by atoms with Gasteiger partial charge >= 0.3 is 5.97 Å². The van der Waals surface area contributed by atoms with Crippen molar-refractivity contribution in [1.29, 1.82) is 0 Å². The number of para-hydroxylation sites is 1. The molecule has 0 fully saturated rings. The standard InChI is InChI=1S/C16H13Cl2NO3S/c1-10-5-6-11(23-10)7-8-15(21)22-9-14(20)19-16-12(17)3-2-4-13(16)18/h2-8H,9H2,1H3,(H,19,20)/b8-7+. The van der Waals surface area contributed by atoms with Gasteiger partial charge in [-0.3, -0.25) is 4.79 Å². The van der Waals surface area contributed by atoms with E-state index in [1.807, 2.05) is 19.1 Å². The number of nitrogens with one attached hydrogen (secondary N) is 1. The summed E-state index contributed by atoms with van der Waals surface area (Å²) in [4.78, 5) is 25.4. The number of amides is 1. The minimum atomic E-state index is -0.601. The summed E-state index contributed by atoms with van der Waals surface area (Å²) < 4.78 is 4.86. The summed E-state index contributed by atoms with van der Waals surface area (Å²) in [6.45, 7) is 1.55. The highest BCUT2D eigenvalue weighted by molar-refractivity contribution is 7.12. The van der Waals surface area contributed by atoms with Crippen molar-refractivity contribution in [2.24, 2.45) is 0 Å². The number of hydrogen-bond donors (Lipinski definition) is 1. The molecule has 120 valence electrons. The molecule has 1 amide bonds. The molecule has 0 saturated carbocycles. The van der Waals surface area contributed by atoms with Gasteiger partial charge in [0.2, 0.25) is 0 Å². The van der Waals surface area contributed by atoms with E-state index in [4.69, 9.17) is 27.9 Å². The Bertz CT molecular complexity index is 735. The van der Waals surface area contributed by atoms with Crippen molar-refractivity contribution < 1.29 is 14.3 Å². The van der Waals surface area contributed by atoms with Gasteiger partial charge in [0.15, 0.2) is 6.61 Å². The van der Waals surface area contributed by atoms with E-state index in [0.717, 1.165) is 9.75 Å². The minimum Gasteiger partial charge on any atom is -0.452 e. The number of rotatable bonds is 5. The third-order valence-electron chi connectivity index (χ3n) is 2.72. The van der Waals surface area contributed by atoms with E-state index in [-0.39, 0.29) is 0 Å². The molecule has 0 atom stereocenters. The van der Waals surface area contributed by atoms with Crippen molar-refractivity contribution in [2.45, 2.75) is 6.92 Å². The average Bonchev–Trinajstić information content (AvgIpc) is 2.92. The van der Waals surface area contributed by atoms with Gasteiger partial charge < -0.3 is 10.1 Å². The summed E-state index contributed by atoms with van der Waals surface area (Å²) in [5, 5.41) is 3.13. The van der Waals surface area contributed by atoms with E-state index in [0.29, 0.717) is 15.7 Å². The molecule has 1 heterocycles. The zero-order valence-electron chi connectivity index (χ0n) is 12.1. The SMILES string of the molecule is Cc1ccc(/C=C/C(=O)OCC(=O)Nc2c(Cl)cccc2Cl)s1. The van der Waals surface area contributed by atoms with E-state index >= 15 is 0 Å². The number of thiophene rings is 1. The maximum Gasteiger partial charge on any atom is 0.331 e. The van der Waals surface area contributed by atoms with Crippen LogP contribution in [0.5, 0.6) is 0 Å². The number of halogens is 2. The van der Waals surface area contributed by atoms with Gasteiger partial charge in [-0.2, -0.15) is 0 Å². The second-order valence-electron chi connectivity index (χ2n) is 4.53. The van der Waals surface area contributed by atoms with Gasteiger partial charge in [-0.1, -0.05) is 29.3 Å². The fraction of sp³-hybridized carbons (Fsp3) is 0.125. The Morgan fingerprint density at radius 2 is 1.91 bits per heavy atom. The van der Waals surface area contributed by atoms with Crippen LogP contribution in [0.4, 0.5) is 5.69 Å². The number of esters is 1. The van der Waals surface area contributed by atoms with E-state index < -0.39 is 18.5 Å². The largest absolute Gasteiger partial charge is 0.452 e. The predicted molar refractivity (Wildman–Crippen MR) is 94.1 cm³/mol. The van der Waals surface area contributed by atoms with Crippen molar-refractivity contribution >= 4 is 58.2 Å². The van der Waals surface area contributed by atoms with E-state index in [1.165, 1.54) is 6.08 Å². The average molecular weight is 370 g/mol. The van der Waals surface area contributed by atoms with Crippen LogP contribution in [-0.4, -0.2) is 18.5 Å². The Morgan fingerprint density at radius 3 is 2.52 bits per heavy atom. The van der Waals surface area contributed by atoms with Crippen LogP contribution in [0.1, 0.15) is 9.75 Å². The van der Waals surface area contributed by atoms with Crippen LogP contribution in [0.25, 0.3) is 6.08 Å². The quantitative estimate of drug-likeness (QED) is 0.620. The molecule has 0 bridgehead atoms. The van der Waals surface area contributed by atoms with Crippen molar-refractivity contribution in [2.75, 3.05) is 11.9 Å². The minimum absolute atomic E-state index is 0.293. The van der Waals surface area contributed by atoms with Crippen molar-refractivity contribution in [3.63, 3.8) is 0 Å². The molecular formula is C16H13Cl2NO3S. The first-order valence-corrected chi connectivity index (χ1v) is 8.18. The number of benzene rings is 1. The van der Waals surface area contributed by atoms with Gasteiger partial charge in [0.1, 0.15) is 0 Å². The van der Waals surface area contributed by atoms with Crippen LogP contribution in [0.15, 0.2) is 36.4 Å². The lowest BCUT2D eigenvalue weighted by molar-refractivity contribution is -0.142. The summed E-state index contributed by atoms with van der Waals surface area (Å²) in [5.41, 5.74) is 0.293. The second-order valence-corrected chi connectivity index (χ2v) is 6.67. The lowest BCUT2D eigenvalue weighted by Crippen LogP contribution is -2.20. The molecule has 0 unspecified atom stereocenters. The van der Waals surface area contributed by atoms with Crippen LogP contribution in [0, 0.1) is 6.92 Å². The first-order chi connectivity index (χ1) is 11.0. The molecule has 4 nitrogen and oxygen atoms in total. The number of ether oxygens (including phenoxy) is 1. The van der Waals surface area contributed by atoms with Gasteiger partial charge in [-0.25, -0.2) is 4.79 Å². The monoisotopic (exact) mass is 369 g/mol. The summed E-state index contributed by atoms with van der Waals surface area (Å²) in [7, 11) is 0. The molecular weight excluding hydrogens is 357 g/mol. The molecule has 1 aromatic carbocycles. The number of aryl methyl sites for hydroxylation is 1. The molecule has 2 rings (SSSR count). The zero-order valence-corrected chi connectivity index (χ0v) is 14.5. The molecule has 0 saturated heterocycles. The Hall–Kier alpha value is -1.82. The highest BCUT2D eigenvalue weighted by atomic mass is 35.5. The molecule has 0 spiro atoms. The van der Waals surface area contributed by atoms with Gasteiger partial charge in [0.25, 0.3) is 5.91 Å². The molecule has 1 N–H and O–H groups in total. The van der Waals surface area contributed by atoms with Crippen LogP contribution in [0.2, 0.25) is 10.0 Å². The van der Waals surface area contributed by atoms with Crippen molar-refractivity contribution in [1.82, 2.24) is 0 Å². The summed E-state index contributed by atoms with van der Waals surface area (Å²) in [6, 6.07) is 8.71. The predicted octanol–water partition coefficient (Wildman–Crippen LogP) is 4.56. The Morgan fingerprint density at radius 1 is 1.22 bits per heavy atom. The highest BCUT2D eigenvalue weighted by Crippen LogP contribution is 2.29. The topological polar surface area (TPSA) is 55.4 Å². The fourth-order valence-electron chi connectivity index (χ4n) is 1.67. The van der Waals surface area contributed by atoms with Crippen LogP contribution in [0.3, 0.4) is 0 Å². The smallest absolute Gasteiger partial charge is 0.331 e. The third-order valence-corrected chi connectivity index (χ3v) is 4.31. The van der Waals surface area contributed by atoms with Crippen LogP contribution < -0.4 is 5.32 Å². The van der Waals surface area contributed by atoms with Crippen LogP contribution >= 0.6 is 34.5 Å². The molecule has 23 heavy (non-hydrogen) atoms. The van der Waals surface area contributed by atoms with Crippen LogP contribution in [-0.2, 0) is 14.3 Å². The normalized spacial score (nSPS) is 10.7. The van der Waals surface area contributed by atoms with Gasteiger partial charge in [-0.05, 0) is 37.3 Å². The Kier molecular flexibility index (Phi) is 6.21. The van der Waals surface area contributed by atoms with Crippen molar-refractivity contribution in [3.8, 4) is 0 Å². The summed E-state index contributed by atoms with van der Waals surface area (Å²) in [5.74, 6) is -1.12. The molecule has 0 aliphatic heterocycles. The summed E-state index contributed by atoms with van der Waals surface area (Å²) in [6.07, 6.45) is 2.92. The fourth-order valence-corrected chi connectivity index (χ4v) is 2.94. The summed E-state index contributed by atoms with van der Waals surface area (Å²) >= 11 is 13.4.